The number of ether oxygens (including phenoxy) is 2. The maximum absolute atomic E-state index is 11.9. The van der Waals surface area contributed by atoms with Crippen molar-refractivity contribution in [2.45, 2.75) is 11.5 Å². The van der Waals surface area contributed by atoms with Gasteiger partial charge in [-0.1, -0.05) is 0 Å². The highest BCUT2D eigenvalue weighted by atomic mass is 79.9. The van der Waals surface area contributed by atoms with Crippen molar-refractivity contribution in [1.82, 2.24) is 4.72 Å². The van der Waals surface area contributed by atoms with E-state index in [1.807, 2.05) is 0 Å². The van der Waals surface area contributed by atoms with Crippen LogP contribution in [0.15, 0.2) is 20.0 Å². The van der Waals surface area contributed by atoms with Crippen LogP contribution in [0.2, 0.25) is 0 Å². The summed E-state index contributed by atoms with van der Waals surface area (Å²) in [4.78, 5) is -0.0477. The molecule has 7 nitrogen and oxygen atoms in total. The Morgan fingerprint density at radius 1 is 1.42 bits per heavy atom. The Kier molecular flexibility index (Phi) is 6.97. The number of furan rings is 1. The molecule has 0 atom stereocenters. The van der Waals surface area contributed by atoms with Crippen molar-refractivity contribution >= 4 is 26.0 Å². The number of aliphatic hydroxyl groups excluding tert-OH is 1. The molecule has 0 fully saturated rings. The van der Waals surface area contributed by atoms with E-state index in [4.69, 9.17) is 19.0 Å². The van der Waals surface area contributed by atoms with Gasteiger partial charge in [-0.25, -0.2) is 13.1 Å². The summed E-state index contributed by atoms with van der Waals surface area (Å²) in [7, 11) is -2.13. The van der Waals surface area contributed by atoms with Crippen LogP contribution in [0.5, 0.6) is 0 Å². The highest BCUT2D eigenvalue weighted by Crippen LogP contribution is 2.25. The molecule has 0 radical (unpaired) electrons. The third-order valence-corrected chi connectivity index (χ3v) is 4.44. The molecule has 0 aliphatic carbocycles. The first-order valence-corrected chi connectivity index (χ1v) is 7.74. The van der Waals surface area contributed by atoms with Crippen molar-refractivity contribution in [3.63, 3.8) is 0 Å². The van der Waals surface area contributed by atoms with Crippen molar-refractivity contribution in [3.8, 4) is 0 Å². The molecule has 1 aromatic rings. The summed E-state index contributed by atoms with van der Waals surface area (Å²) < 4.78 is 41.2. The van der Waals surface area contributed by atoms with E-state index in [-0.39, 0.29) is 35.1 Å². The zero-order valence-corrected chi connectivity index (χ0v) is 12.8. The van der Waals surface area contributed by atoms with Gasteiger partial charge in [-0.2, -0.15) is 0 Å². The number of halogens is 1. The van der Waals surface area contributed by atoms with Crippen LogP contribution in [0.3, 0.4) is 0 Å². The molecule has 0 aliphatic heterocycles. The first-order chi connectivity index (χ1) is 9.01. The molecular weight excluding hydrogens is 342 g/mol. The summed E-state index contributed by atoms with van der Waals surface area (Å²) in [6.45, 7) is 0.874. The number of hydrogen-bond acceptors (Lipinski definition) is 6. The molecule has 0 unspecified atom stereocenters. The Morgan fingerprint density at radius 3 is 2.74 bits per heavy atom. The Hall–Kier alpha value is -0.450. The summed E-state index contributed by atoms with van der Waals surface area (Å²) in [5.41, 5.74) is 0. The quantitative estimate of drug-likeness (QED) is 0.623. The van der Waals surface area contributed by atoms with E-state index >= 15 is 0 Å². The minimum Gasteiger partial charge on any atom is -0.450 e. The van der Waals surface area contributed by atoms with Crippen LogP contribution in [0, 0.1) is 0 Å². The van der Waals surface area contributed by atoms with Gasteiger partial charge in [0.2, 0.25) is 10.0 Å². The van der Waals surface area contributed by atoms with Crippen molar-refractivity contribution in [2.75, 3.05) is 33.5 Å². The van der Waals surface area contributed by atoms with Gasteiger partial charge in [-0.15, -0.1) is 0 Å². The second-order valence-electron chi connectivity index (χ2n) is 3.51. The molecule has 1 aromatic heterocycles. The maximum atomic E-state index is 11.9. The topological polar surface area (TPSA) is 98.0 Å². The summed E-state index contributed by atoms with van der Waals surface area (Å²) in [5.74, 6) is 0.170. The molecule has 0 spiro atoms. The molecule has 2 N–H and O–H groups in total. The highest BCUT2D eigenvalue weighted by molar-refractivity contribution is 9.10. The molecule has 9 heteroatoms. The van der Waals surface area contributed by atoms with Crippen LogP contribution in [0.4, 0.5) is 0 Å². The van der Waals surface area contributed by atoms with Gasteiger partial charge in [0, 0.05) is 19.7 Å². The molecule has 0 amide bonds. The van der Waals surface area contributed by atoms with Gasteiger partial charge in [0.25, 0.3) is 0 Å². The lowest BCUT2D eigenvalue weighted by Crippen LogP contribution is -2.27. The SMILES string of the molecule is COCCOCCNS(=O)(=O)c1cc(CO)oc1Br. The molecule has 0 saturated carbocycles. The predicted molar refractivity (Wildman–Crippen MR) is 70.2 cm³/mol. The Balaban J connectivity index is 2.49. The first-order valence-electron chi connectivity index (χ1n) is 5.46. The van der Waals surface area contributed by atoms with E-state index in [0.29, 0.717) is 13.2 Å². The summed E-state index contributed by atoms with van der Waals surface area (Å²) in [5, 5.41) is 8.88. The fourth-order valence-corrected chi connectivity index (χ4v) is 3.24. The summed E-state index contributed by atoms with van der Waals surface area (Å²) in [6, 6.07) is 1.26. The average Bonchev–Trinajstić information content (AvgIpc) is 2.76. The number of rotatable bonds is 9. The van der Waals surface area contributed by atoms with Gasteiger partial charge < -0.3 is 19.0 Å². The summed E-state index contributed by atoms with van der Waals surface area (Å²) >= 11 is 2.99. The number of sulfonamides is 1. The van der Waals surface area contributed by atoms with E-state index in [0.717, 1.165) is 0 Å². The lowest BCUT2D eigenvalue weighted by atomic mass is 10.5. The fraction of sp³-hybridized carbons (Fsp3) is 0.600. The van der Waals surface area contributed by atoms with Crippen molar-refractivity contribution in [2.24, 2.45) is 0 Å². The molecule has 0 aliphatic rings. The van der Waals surface area contributed by atoms with Crippen LogP contribution in [-0.2, 0) is 26.1 Å². The first kappa shape index (κ1) is 16.6. The third kappa shape index (κ3) is 5.21. The van der Waals surface area contributed by atoms with Gasteiger partial charge in [-0.05, 0) is 15.9 Å². The number of nitrogens with one attached hydrogen (secondary N) is 1. The maximum Gasteiger partial charge on any atom is 0.245 e. The zero-order valence-electron chi connectivity index (χ0n) is 10.4. The predicted octanol–water partition coefficient (Wildman–Crippen LogP) is 0.476. The normalized spacial score (nSPS) is 11.9. The van der Waals surface area contributed by atoms with Gasteiger partial charge >= 0.3 is 0 Å². The minimum absolute atomic E-state index is 0.0477. The second-order valence-corrected chi connectivity index (χ2v) is 5.97. The van der Waals surface area contributed by atoms with E-state index < -0.39 is 10.0 Å². The van der Waals surface area contributed by atoms with Gasteiger partial charge in [-0.3, -0.25) is 0 Å². The van der Waals surface area contributed by atoms with E-state index in [2.05, 4.69) is 20.7 Å². The number of aliphatic hydroxyl groups is 1. The van der Waals surface area contributed by atoms with Crippen LogP contribution >= 0.6 is 15.9 Å². The van der Waals surface area contributed by atoms with Crippen molar-refractivity contribution < 1.29 is 27.4 Å². The largest absolute Gasteiger partial charge is 0.450 e. The zero-order chi connectivity index (χ0) is 14.3. The molecule has 1 rings (SSSR count). The minimum atomic E-state index is -3.69. The second kappa shape index (κ2) is 7.98. The molecule has 1 heterocycles. The van der Waals surface area contributed by atoms with Crippen LogP contribution < -0.4 is 4.72 Å². The van der Waals surface area contributed by atoms with E-state index in [1.165, 1.54) is 6.07 Å². The average molecular weight is 358 g/mol. The van der Waals surface area contributed by atoms with Gasteiger partial charge in [0.1, 0.15) is 17.3 Å². The standard InChI is InChI=1S/C10H16BrNO6S/c1-16-4-5-17-3-2-12-19(14,15)9-6-8(7-13)18-10(9)11/h6,12-13H,2-5,7H2,1H3. The van der Waals surface area contributed by atoms with Crippen molar-refractivity contribution in [3.05, 3.63) is 16.5 Å². The number of hydrogen-bond donors (Lipinski definition) is 2. The lowest BCUT2D eigenvalue weighted by Gasteiger charge is -2.06. The molecule has 110 valence electrons. The van der Waals surface area contributed by atoms with E-state index in [1.54, 1.807) is 7.11 Å². The third-order valence-electron chi connectivity index (χ3n) is 2.12. The van der Waals surface area contributed by atoms with Gasteiger partial charge in [0.05, 0.1) is 19.8 Å². The Labute approximate surface area is 120 Å². The highest BCUT2D eigenvalue weighted by Gasteiger charge is 2.21. The molecule has 0 saturated heterocycles. The van der Waals surface area contributed by atoms with Crippen LogP contribution in [0.1, 0.15) is 5.76 Å². The molecule has 0 bridgehead atoms. The Morgan fingerprint density at radius 2 is 2.16 bits per heavy atom. The molecular formula is C10H16BrNO6S. The molecule has 19 heavy (non-hydrogen) atoms. The monoisotopic (exact) mass is 357 g/mol. The Bertz CT molecular complexity index is 486. The smallest absolute Gasteiger partial charge is 0.245 e. The van der Waals surface area contributed by atoms with Crippen molar-refractivity contribution in [1.29, 1.82) is 0 Å². The van der Waals surface area contributed by atoms with Crippen LogP contribution in [-0.4, -0.2) is 47.0 Å². The van der Waals surface area contributed by atoms with Crippen LogP contribution in [0.25, 0.3) is 0 Å². The number of methoxy groups -OCH3 is 1. The van der Waals surface area contributed by atoms with Gasteiger partial charge in [0.15, 0.2) is 4.67 Å². The summed E-state index contributed by atoms with van der Waals surface area (Å²) in [6.07, 6.45) is 0. The van der Waals surface area contributed by atoms with E-state index in [9.17, 15) is 8.42 Å². The lowest BCUT2D eigenvalue weighted by molar-refractivity contribution is 0.0736. The fourth-order valence-electron chi connectivity index (χ4n) is 1.23. The molecule has 0 aromatic carbocycles.